The van der Waals surface area contributed by atoms with E-state index in [1.54, 1.807) is 0 Å². The molecule has 66 valence electrons. The van der Waals surface area contributed by atoms with Gasteiger partial charge in [0.1, 0.15) is 0 Å². The lowest BCUT2D eigenvalue weighted by atomic mass is 10.1. The van der Waals surface area contributed by atoms with Crippen molar-refractivity contribution >= 4 is 11.9 Å². The first-order chi connectivity index (χ1) is 4.09. The zero-order valence-corrected chi connectivity index (χ0v) is 6.55. The van der Waals surface area contributed by atoms with Crippen LogP contribution in [0.1, 0.15) is 12.8 Å². The molecule has 0 bridgehead atoms. The first kappa shape index (κ1) is 12.5. The predicted molar refractivity (Wildman–Crippen MR) is 33.7 cm³/mol. The van der Waals surface area contributed by atoms with Crippen LogP contribution in [-0.4, -0.2) is 11.9 Å². The number of carboxylic acid groups (broad SMARTS) is 2. The Kier molecular flexibility index (Phi) is 3.77. The van der Waals surface area contributed by atoms with Gasteiger partial charge in [0, 0.05) is 5.41 Å². The molecule has 1 aliphatic carbocycles. The van der Waals surface area contributed by atoms with Crippen molar-refractivity contribution < 1.29 is 19.8 Å². The molecule has 11 heavy (non-hydrogen) atoms. The molecule has 0 aromatic rings. The summed E-state index contributed by atoms with van der Waals surface area (Å²) in [6, 6.07) is 0. The first-order valence-electron chi connectivity index (χ1n) is 2.52. The molecule has 0 heterocycles. The second-order valence-electron chi connectivity index (χ2n) is 2.16. The Hall–Kier alpha value is -1.14. The van der Waals surface area contributed by atoms with Gasteiger partial charge in [0.2, 0.25) is 0 Å². The maximum absolute atomic E-state index is 9.99. The van der Waals surface area contributed by atoms with Gasteiger partial charge in [-0.05, 0) is 12.8 Å². The normalized spacial score (nSPS) is 17.1. The molecule has 1 aliphatic rings. The quantitative estimate of drug-likeness (QED) is 0.453. The van der Waals surface area contributed by atoms with Crippen LogP contribution in [-0.2, 0) is 9.59 Å². The van der Waals surface area contributed by atoms with E-state index in [0.717, 1.165) is 0 Å². The Balaban J connectivity index is 0. The highest BCUT2D eigenvalue weighted by atomic mass is 16.4. The van der Waals surface area contributed by atoms with Crippen LogP contribution in [0.3, 0.4) is 0 Å². The van der Waals surface area contributed by atoms with E-state index >= 15 is 0 Å². The largest absolute Gasteiger partial charge is 0.549 e. The van der Waals surface area contributed by atoms with E-state index in [1.165, 1.54) is 0 Å². The molecule has 0 aliphatic heterocycles. The van der Waals surface area contributed by atoms with Crippen molar-refractivity contribution in [3.63, 3.8) is 0 Å². The van der Waals surface area contributed by atoms with Gasteiger partial charge in [0.25, 0.3) is 0 Å². The maximum Gasteiger partial charge on any atom is 0.0532 e. The van der Waals surface area contributed by atoms with Gasteiger partial charge in [-0.3, -0.25) is 0 Å². The Labute approximate surface area is 63.4 Å². The second kappa shape index (κ2) is 3.31. The van der Waals surface area contributed by atoms with E-state index < -0.39 is 17.4 Å². The standard InChI is InChI=1S/C5H6O4.2H3N/c6-3(7)5(1-2-5)4(8)9;;/h1-2H2,(H,6,7)(H,8,9);2*1H3. The summed E-state index contributed by atoms with van der Waals surface area (Å²) in [5.41, 5.74) is -1.64. The number of carboxylic acids is 2. The molecule has 0 amide bonds. The van der Waals surface area contributed by atoms with E-state index in [2.05, 4.69) is 0 Å². The van der Waals surface area contributed by atoms with Gasteiger partial charge in [0.05, 0.1) is 11.9 Å². The van der Waals surface area contributed by atoms with Crippen LogP contribution in [0.5, 0.6) is 0 Å². The van der Waals surface area contributed by atoms with E-state index in [-0.39, 0.29) is 25.1 Å². The molecule has 0 aromatic carbocycles. The molecular formula is C5H12N2O4. The van der Waals surface area contributed by atoms with E-state index in [0.29, 0.717) is 0 Å². The lowest BCUT2D eigenvalue weighted by Gasteiger charge is -2.16. The van der Waals surface area contributed by atoms with Crippen LogP contribution in [0.25, 0.3) is 0 Å². The molecule has 8 N–H and O–H groups in total. The molecule has 1 saturated carbocycles. The minimum absolute atomic E-state index is 0. The molecule has 1 fully saturated rings. The molecule has 0 aromatic heterocycles. The molecular weight excluding hydrogens is 152 g/mol. The Morgan fingerprint density at radius 2 is 1.27 bits per heavy atom. The number of quaternary nitrogens is 2. The van der Waals surface area contributed by atoms with Gasteiger partial charge >= 0.3 is 0 Å². The fourth-order valence-corrected chi connectivity index (χ4v) is 0.617. The summed E-state index contributed by atoms with van der Waals surface area (Å²) >= 11 is 0. The number of aliphatic carboxylic acids is 2. The SMILES string of the molecule is O=C([O-])C1(C(=O)[O-])CC1.[NH4+].[NH4+]. The average molecular weight is 164 g/mol. The summed E-state index contributed by atoms with van der Waals surface area (Å²) in [6.07, 6.45) is 0.301. The number of hydrogen-bond acceptors (Lipinski definition) is 4. The van der Waals surface area contributed by atoms with Gasteiger partial charge in [-0.25, -0.2) is 0 Å². The van der Waals surface area contributed by atoms with E-state index in [4.69, 9.17) is 0 Å². The minimum atomic E-state index is -1.64. The van der Waals surface area contributed by atoms with Crippen molar-refractivity contribution in [2.24, 2.45) is 5.41 Å². The van der Waals surface area contributed by atoms with Crippen molar-refractivity contribution in [3.8, 4) is 0 Å². The lowest BCUT2D eigenvalue weighted by Crippen LogP contribution is -2.45. The Bertz CT molecular complexity index is 159. The zero-order valence-electron chi connectivity index (χ0n) is 6.55. The smallest absolute Gasteiger partial charge is 0.0532 e. The third-order valence-corrected chi connectivity index (χ3v) is 1.53. The fourth-order valence-electron chi connectivity index (χ4n) is 0.617. The third-order valence-electron chi connectivity index (χ3n) is 1.53. The van der Waals surface area contributed by atoms with Crippen molar-refractivity contribution in [2.45, 2.75) is 12.8 Å². The molecule has 0 spiro atoms. The van der Waals surface area contributed by atoms with Gasteiger partial charge in [-0.1, -0.05) is 0 Å². The number of carbonyl (C=O) groups is 2. The third kappa shape index (κ3) is 1.66. The lowest BCUT2D eigenvalue weighted by molar-refractivity contribution is -0.334. The summed E-state index contributed by atoms with van der Waals surface area (Å²) in [5.74, 6) is -3.05. The highest BCUT2D eigenvalue weighted by Gasteiger charge is 2.45. The molecule has 0 unspecified atom stereocenters. The fraction of sp³-hybridized carbons (Fsp3) is 0.600. The summed E-state index contributed by atoms with van der Waals surface area (Å²) in [6.45, 7) is 0. The molecule has 1 rings (SSSR count). The van der Waals surface area contributed by atoms with Crippen molar-refractivity contribution in [3.05, 3.63) is 0 Å². The van der Waals surface area contributed by atoms with E-state index in [1.807, 2.05) is 0 Å². The van der Waals surface area contributed by atoms with Crippen molar-refractivity contribution in [1.29, 1.82) is 0 Å². The van der Waals surface area contributed by atoms with Crippen LogP contribution < -0.4 is 22.5 Å². The monoisotopic (exact) mass is 164 g/mol. The predicted octanol–water partition coefficient (Wildman–Crippen LogP) is -1.98. The summed E-state index contributed by atoms with van der Waals surface area (Å²) < 4.78 is 0. The minimum Gasteiger partial charge on any atom is -0.549 e. The van der Waals surface area contributed by atoms with Gasteiger partial charge in [0.15, 0.2) is 0 Å². The molecule has 6 heteroatoms. The number of hydrogen-bond donors (Lipinski definition) is 2. The van der Waals surface area contributed by atoms with Crippen molar-refractivity contribution in [1.82, 2.24) is 12.3 Å². The maximum atomic E-state index is 9.99. The van der Waals surface area contributed by atoms with Gasteiger partial charge in [-0.15, -0.1) is 0 Å². The molecule has 6 nitrogen and oxygen atoms in total. The molecule has 0 radical (unpaired) electrons. The Morgan fingerprint density at radius 3 is 1.27 bits per heavy atom. The van der Waals surface area contributed by atoms with Crippen LogP contribution in [0.4, 0.5) is 0 Å². The topological polar surface area (TPSA) is 153 Å². The summed E-state index contributed by atoms with van der Waals surface area (Å²) in [4.78, 5) is 20.0. The highest BCUT2D eigenvalue weighted by molar-refractivity contribution is 5.99. The Morgan fingerprint density at radius 1 is 1.00 bits per heavy atom. The number of carbonyl (C=O) groups excluding carboxylic acids is 2. The average Bonchev–Trinajstić information content (AvgIpc) is 2.40. The molecule has 0 saturated heterocycles. The van der Waals surface area contributed by atoms with Gasteiger partial charge in [-0.2, -0.15) is 0 Å². The molecule has 0 atom stereocenters. The van der Waals surface area contributed by atoms with E-state index in [9.17, 15) is 19.8 Å². The van der Waals surface area contributed by atoms with Crippen LogP contribution in [0, 0.1) is 5.41 Å². The highest BCUT2D eigenvalue weighted by Crippen LogP contribution is 2.44. The van der Waals surface area contributed by atoms with Crippen LogP contribution in [0.15, 0.2) is 0 Å². The van der Waals surface area contributed by atoms with Crippen molar-refractivity contribution in [2.75, 3.05) is 0 Å². The number of rotatable bonds is 2. The second-order valence-corrected chi connectivity index (χ2v) is 2.16. The van der Waals surface area contributed by atoms with Crippen LogP contribution >= 0.6 is 0 Å². The summed E-state index contributed by atoms with van der Waals surface area (Å²) in [5, 5.41) is 20.0. The van der Waals surface area contributed by atoms with Gasteiger partial charge < -0.3 is 32.1 Å². The summed E-state index contributed by atoms with van der Waals surface area (Å²) in [7, 11) is 0. The zero-order chi connectivity index (χ0) is 7.07. The first-order valence-corrected chi connectivity index (χ1v) is 2.52. The van der Waals surface area contributed by atoms with Crippen LogP contribution in [0.2, 0.25) is 0 Å².